The van der Waals surface area contributed by atoms with Crippen molar-refractivity contribution in [3.8, 4) is 5.75 Å². The number of nitrogens with two attached hydrogens (primary N) is 1. The maximum atomic E-state index is 13.9. The SMILES string of the molecule is Cc1ccc2cccc(OCc3c(Cl)ccc(S(=O)(=O)N4CCC[C@H]4C(=O)NC4CCN(CC(N)=O)CC4)c3Cl)c2n1. The Morgan fingerprint density at radius 2 is 1.83 bits per heavy atom. The van der Waals surface area contributed by atoms with Gasteiger partial charge in [-0.15, -0.1) is 0 Å². The first-order valence-corrected chi connectivity index (χ1v) is 16.0. The molecule has 2 aliphatic rings. The van der Waals surface area contributed by atoms with E-state index < -0.39 is 16.1 Å². The minimum absolute atomic E-state index is 0.0419. The van der Waals surface area contributed by atoms with E-state index in [0.717, 1.165) is 11.1 Å². The van der Waals surface area contributed by atoms with Gasteiger partial charge < -0.3 is 15.8 Å². The average molecular weight is 635 g/mol. The first kappa shape index (κ1) is 30.5. The summed E-state index contributed by atoms with van der Waals surface area (Å²) >= 11 is 13.2. The number of hydrogen-bond donors (Lipinski definition) is 2. The van der Waals surface area contributed by atoms with Crippen molar-refractivity contribution in [2.24, 2.45) is 5.73 Å². The maximum absolute atomic E-state index is 13.9. The van der Waals surface area contributed by atoms with E-state index in [9.17, 15) is 18.0 Å². The van der Waals surface area contributed by atoms with Crippen molar-refractivity contribution in [2.75, 3.05) is 26.2 Å². The van der Waals surface area contributed by atoms with Gasteiger partial charge in [-0.3, -0.25) is 14.5 Å². The normalized spacial score (nSPS) is 18.8. The number of halogens is 2. The van der Waals surface area contributed by atoms with Crippen LogP contribution >= 0.6 is 23.2 Å². The number of aromatic nitrogens is 1. The molecule has 3 N–H and O–H groups in total. The summed E-state index contributed by atoms with van der Waals surface area (Å²) in [5, 5.41) is 4.14. The van der Waals surface area contributed by atoms with E-state index in [0.29, 0.717) is 55.6 Å². The topological polar surface area (TPSA) is 135 Å². The van der Waals surface area contributed by atoms with Gasteiger partial charge in [-0.25, -0.2) is 13.4 Å². The third kappa shape index (κ3) is 6.50. The van der Waals surface area contributed by atoms with E-state index >= 15 is 0 Å². The first-order valence-electron chi connectivity index (χ1n) is 13.8. The lowest BCUT2D eigenvalue weighted by atomic mass is 10.0. The largest absolute Gasteiger partial charge is 0.487 e. The summed E-state index contributed by atoms with van der Waals surface area (Å²) in [6.07, 6.45) is 2.25. The molecule has 42 heavy (non-hydrogen) atoms. The van der Waals surface area contributed by atoms with E-state index in [2.05, 4.69) is 10.3 Å². The van der Waals surface area contributed by atoms with Crippen molar-refractivity contribution in [3.05, 3.63) is 63.8 Å². The van der Waals surface area contributed by atoms with E-state index in [-0.39, 0.29) is 52.5 Å². The molecule has 2 saturated heterocycles. The Kier molecular flexibility index (Phi) is 9.24. The molecule has 3 aromatic rings. The number of likely N-dealkylation sites (tertiary alicyclic amines) is 1. The highest BCUT2D eigenvalue weighted by molar-refractivity contribution is 7.89. The summed E-state index contributed by atoms with van der Waals surface area (Å²) < 4.78 is 35.0. The zero-order valence-electron chi connectivity index (χ0n) is 23.2. The molecule has 2 amide bonds. The first-order chi connectivity index (χ1) is 20.0. The number of nitrogens with zero attached hydrogens (tertiary/aromatic N) is 3. The van der Waals surface area contributed by atoms with Gasteiger partial charge in [0.05, 0.1) is 11.6 Å². The van der Waals surface area contributed by atoms with Crippen LogP contribution in [0.25, 0.3) is 10.9 Å². The lowest BCUT2D eigenvalue weighted by molar-refractivity contribution is -0.125. The Labute approximate surface area is 255 Å². The number of fused-ring (bicyclic) bond motifs is 1. The van der Waals surface area contributed by atoms with E-state index in [1.807, 2.05) is 36.1 Å². The lowest BCUT2D eigenvalue weighted by Gasteiger charge is -2.33. The van der Waals surface area contributed by atoms with Crippen molar-refractivity contribution in [1.82, 2.24) is 19.5 Å². The Morgan fingerprint density at radius 1 is 1.07 bits per heavy atom. The number of pyridine rings is 1. The van der Waals surface area contributed by atoms with Crippen LogP contribution in [0.4, 0.5) is 0 Å². The van der Waals surface area contributed by atoms with Gasteiger partial charge >= 0.3 is 0 Å². The van der Waals surface area contributed by atoms with Crippen LogP contribution in [0.5, 0.6) is 5.75 Å². The molecule has 224 valence electrons. The highest BCUT2D eigenvalue weighted by Crippen LogP contribution is 2.36. The third-order valence-electron chi connectivity index (χ3n) is 7.75. The summed E-state index contributed by atoms with van der Waals surface area (Å²) in [5.41, 5.74) is 7.12. The Morgan fingerprint density at radius 3 is 2.57 bits per heavy atom. The van der Waals surface area contributed by atoms with Crippen molar-refractivity contribution in [1.29, 1.82) is 0 Å². The summed E-state index contributed by atoms with van der Waals surface area (Å²) in [7, 11) is -4.13. The molecule has 13 heteroatoms. The highest BCUT2D eigenvalue weighted by Gasteiger charge is 2.41. The van der Waals surface area contributed by atoms with Gasteiger partial charge in [-0.1, -0.05) is 41.4 Å². The molecule has 2 aliphatic heterocycles. The van der Waals surface area contributed by atoms with Crippen LogP contribution in [0.2, 0.25) is 10.0 Å². The maximum Gasteiger partial charge on any atom is 0.245 e. The molecule has 0 aliphatic carbocycles. The second kappa shape index (κ2) is 12.7. The number of ether oxygens (including phenoxy) is 1. The molecule has 0 spiro atoms. The number of benzene rings is 2. The van der Waals surface area contributed by atoms with Crippen LogP contribution in [0.1, 0.15) is 36.9 Å². The van der Waals surface area contributed by atoms with Gasteiger partial charge in [-0.05, 0) is 56.9 Å². The number of hydrogen-bond acceptors (Lipinski definition) is 7. The van der Waals surface area contributed by atoms with Gasteiger partial charge in [0.2, 0.25) is 21.8 Å². The summed E-state index contributed by atoms with van der Waals surface area (Å²) in [6, 6.07) is 11.3. The summed E-state index contributed by atoms with van der Waals surface area (Å²) in [4.78, 5) is 30.9. The van der Waals surface area contributed by atoms with Gasteiger partial charge in [0, 0.05) is 47.3 Å². The van der Waals surface area contributed by atoms with Gasteiger partial charge in [0.1, 0.15) is 28.8 Å². The number of primary amides is 1. The Hall–Kier alpha value is -2.96. The molecule has 3 heterocycles. The van der Waals surface area contributed by atoms with E-state index in [1.54, 1.807) is 6.07 Å². The molecule has 1 atom stereocenters. The van der Waals surface area contributed by atoms with E-state index in [4.69, 9.17) is 33.7 Å². The van der Waals surface area contributed by atoms with Crippen LogP contribution < -0.4 is 15.8 Å². The van der Waals surface area contributed by atoms with Crippen molar-refractivity contribution < 1.29 is 22.7 Å². The fourth-order valence-corrected chi connectivity index (χ4v) is 8.08. The Balaban J connectivity index is 1.31. The standard InChI is InChI=1S/C29H33Cl2N5O5S/c1-18-7-8-19-4-2-6-24(28(19)33-18)41-17-21-22(30)9-10-25(27(21)31)42(39,40)36-13-3-5-23(36)29(38)34-20-11-14-35(15-12-20)16-26(32)37/h2,4,6-10,20,23H,3,5,11-17H2,1H3,(H2,32,37)(H,34,38)/t23-/m0/s1. The molecule has 0 unspecified atom stereocenters. The van der Waals surface area contributed by atoms with Crippen molar-refractivity contribution >= 4 is 55.9 Å². The smallest absolute Gasteiger partial charge is 0.245 e. The second-order valence-corrected chi connectivity index (χ2v) is 13.4. The summed E-state index contributed by atoms with van der Waals surface area (Å²) in [6.45, 7) is 3.44. The van der Waals surface area contributed by atoms with Crippen LogP contribution in [-0.2, 0) is 26.2 Å². The van der Waals surface area contributed by atoms with Crippen molar-refractivity contribution in [2.45, 2.75) is 56.2 Å². The molecule has 5 rings (SSSR count). The minimum atomic E-state index is -4.13. The van der Waals surface area contributed by atoms with Gasteiger partial charge in [0.15, 0.2) is 0 Å². The molecule has 10 nitrogen and oxygen atoms in total. The fourth-order valence-electron chi connectivity index (χ4n) is 5.56. The fraction of sp³-hybridized carbons (Fsp3) is 0.414. The molecule has 2 aromatic carbocycles. The quantitative estimate of drug-likeness (QED) is 0.367. The van der Waals surface area contributed by atoms with Crippen LogP contribution in [0, 0.1) is 6.92 Å². The van der Waals surface area contributed by atoms with Crippen LogP contribution in [0.15, 0.2) is 47.4 Å². The molecular weight excluding hydrogens is 601 g/mol. The molecular formula is C29H33Cl2N5O5S. The minimum Gasteiger partial charge on any atom is -0.487 e. The number of nitrogens with one attached hydrogen (secondary N) is 1. The number of sulfonamides is 1. The van der Waals surface area contributed by atoms with Gasteiger partial charge in [-0.2, -0.15) is 4.31 Å². The van der Waals surface area contributed by atoms with Crippen LogP contribution in [-0.4, -0.2) is 72.7 Å². The molecule has 2 fully saturated rings. The number of rotatable bonds is 9. The number of piperidine rings is 1. The zero-order valence-corrected chi connectivity index (χ0v) is 25.5. The van der Waals surface area contributed by atoms with Gasteiger partial charge in [0.25, 0.3) is 0 Å². The third-order valence-corrected chi connectivity index (χ3v) is 10.6. The molecule has 1 aromatic heterocycles. The highest BCUT2D eigenvalue weighted by atomic mass is 35.5. The monoisotopic (exact) mass is 633 g/mol. The number of carbonyl (C=O) groups excluding carboxylic acids is 2. The Bertz CT molecular complexity index is 1610. The van der Waals surface area contributed by atoms with Crippen molar-refractivity contribution in [3.63, 3.8) is 0 Å². The predicted octanol–water partition coefficient (Wildman–Crippen LogP) is 3.65. The molecule has 0 bridgehead atoms. The summed E-state index contributed by atoms with van der Waals surface area (Å²) in [5.74, 6) is -0.203. The second-order valence-electron chi connectivity index (χ2n) is 10.7. The molecule has 0 saturated carbocycles. The zero-order chi connectivity index (χ0) is 30.0. The lowest BCUT2D eigenvalue weighted by Crippen LogP contribution is -2.52. The number of aryl methyl sites for hydroxylation is 1. The number of para-hydroxylation sites is 1. The number of carbonyl (C=O) groups is 2. The van der Waals surface area contributed by atoms with E-state index in [1.165, 1.54) is 16.4 Å². The number of amides is 2. The average Bonchev–Trinajstić information content (AvgIpc) is 3.45. The predicted molar refractivity (Wildman–Crippen MR) is 161 cm³/mol. The van der Waals surface area contributed by atoms with Crippen LogP contribution in [0.3, 0.4) is 0 Å². The molecule has 0 radical (unpaired) electrons.